The lowest BCUT2D eigenvalue weighted by Gasteiger charge is -2.12. The Morgan fingerprint density at radius 2 is 0.861 bits per heavy atom. The molecule has 6 aliphatic rings. The van der Waals surface area contributed by atoms with Crippen LogP contribution in [-0.2, 0) is 28.6 Å². The van der Waals surface area contributed by atoms with E-state index in [1.54, 1.807) is 0 Å². The fourth-order valence-corrected chi connectivity index (χ4v) is 5.19. The van der Waals surface area contributed by atoms with Gasteiger partial charge in [-0.15, -0.1) is 0 Å². The number of carboxylic acid groups (broad SMARTS) is 3. The Kier molecular flexibility index (Phi) is 10.5. The number of epoxide rings is 3. The summed E-state index contributed by atoms with van der Waals surface area (Å²) in [5.41, 5.74) is 0. The largest absolute Gasteiger partial charge is 0.481 e. The molecule has 0 amide bonds. The highest BCUT2D eigenvalue weighted by atomic mass is 16.6. The van der Waals surface area contributed by atoms with Crippen molar-refractivity contribution in [3.8, 4) is 0 Å². The van der Waals surface area contributed by atoms with Crippen LogP contribution >= 0.6 is 0 Å². The summed E-state index contributed by atoms with van der Waals surface area (Å²) in [4.78, 5) is 31.5. The third kappa shape index (κ3) is 8.09. The molecule has 9 unspecified atom stereocenters. The molecular formula is C24H38O12. The molecule has 3 aliphatic heterocycles. The van der Waals surface area contributed by atoms with E-state index in [1.165, 1.54) is 0 Å². The number of hydrogen-bond acceptors (Lipinski definition) is 9. The maximum absolute atomic E-state index is 10.5. The maximum Gasteiger partial charge on any atom is 0.309 e. The minimum atomic E-state index is -0.954. The molecule has 0 aromatic heterocycles. The van der Waals surface area contributed by atoms with Gasteiger partial charge in [-0.3, -0.25) is 14.4 Å². The quantitative estimate of drug-likeness (QED) is 0.270. The number of aliphatic hydroxyl groups excluding tert-OH is 3. The summed E-state index contributed by atoms with van der Waals surface area (Å²) in [6.45, 7) is -0.729. The lowest BCUT2D eigenvalue weighted by molar-refractivity contribution is -0.143. The van der Waals surface area contributed by atoms with Crippen molar-refractivity contribution >= 4 is 17.9 Å². The minimum Gasteiger partial charge on any atom is -0.481 e. The molecule has 0 radical (unpaired) electrons. The van der Waals surface area contributed by atoms with Gasteiger partial charge in [0.1, 0.15) is 6.10 Å². The second-order valence-corrected chi connectivity index (χ2v) is 10.1. The first-order valence-electron chi connectivity index (χ1n) is 12.7. The third-order valence-electron chi connectivity index (χ3n) is 7.44. The lowest BCUT2D eigenvalue weighted by Crippen LogP contribution is -2.24. The molecule has 0 aromatic rings. The van der Waals surface area contributed by atoms with Gasteiger partial charge in [-0.25, -0.2) is 0 Å². The van der Waals surface area contributed by atoms with Gasteiger partial charge in [-0.05, 0) is 57.8 Å². The zero-order valence-electron chi connectivity index (χ0n) is 20.2. The van der Waals surface area contributed by atoms with Crippen molar-refractivity contribution in [3.05, 3.63) is 0 Å². The van der Waals surface area contributed by atoms with Gasteiger partial charge in [0.15, 0.2) is 0 Å². The number of fused-ring (bicyclic) bond motifs is 3. The Morgan fingerprint density at radius 3 is 1.03 bits per heavy atom. The molecule has 0 spiro atoms. The summed E-state index contributed by atoms with van der Waals surface area (Å²) in [6, 6.07) is 0. The van der Waals surface area contributed by atoms with Crippen LogP contribution in [0.4, 0.5) is 0 Å². The van der Waals surface area contributed by atoms with Gasteiger partial charge in [0.05, 0.1) is 67.6 Å². The first kappa shape index (κ1) is 28.7. The summed E-state index contributed by atoms with van der Waals surface area (Å²) < 4.78 is 15.5. The van der Waals surface area contributed by atoms with Crippen LogP contribution in [0.2, 0.25) is 0 Å². The average molecular weight is 519 g/mol. The molecule has 3 heterocycles. The Bertz CT molecular complexity index is 665. The molecule has 3 aliphatic carbocycles. The topological polar surface area (TPSA) is 210 Å². The number of aliphatic hydroxyl groups is 3. The molecule has 6 fully saturated rings. The van der Waals surface area contributed by atoms with Crippen LogP contribution in [0.1, 0.15) is 57.8 Å². The van der Waals surface area contributed by atoms with Crippen molar-refractivity contribution in [2.75, 3.05) is 13.2 Å². The van der Waals surface area contributed by atoms with Gasteiger partial charge in [-0.2, -0.15) is 0 Å². The lowest BCUT2D eigenvalue weighted by atomic mass is 9.89. The first-order valence-corrected chi connectivity index (χ1v) is 12.7. The van der Waals surface area contributed by atoms with Crippen LogP contribution in [0.3, 0.4) is 0 Å². The highest BCUT2D eigenvalue weighted by Gasteiger charge is 2.51. The summed E-state index contributed by atoms with van der Waals surface area (Å²) in [5.74, 6) is -2.69. The van der Waals surface area contributed by atoms with E-state index >= 15 is 0 Å². The summed E-state index contributed by atoms with van der Waals surface area (Å²) >= 11 is 0. The van der Waals surface area contributed by atoms with Crippen LogP contribution in [-0.4, -0.2) is 104 Å². The van der Waals surface area contributed by atoms with E-state index in [-0.39, 0.29) is 67.6 Å². The highest BCUT2D eigenvalue weighted by molar-refractivity contribution is 5.72. The minimum absolute atomic E-state index is 0.0613. The molecule has 3 saturated heterocycles. The van der Waals surface area contributed by atoms with Crippen molar-refractivity contribution in [2.24, 2.45) is 17.8 Å². The molecule has 6 rings (SSSR count). The van der Waals surface area contributed by atoms with E-state index in [0.29, 0.717) is 0 Å². The summed E-state index contributed by atoms with van der Waals surface area (Å²) in [6.07, 6.45) is 8.73. The van der Waals surface area contributed by atoms with Crippen molar-refractivity contribution in [1.29, 1.82) is 0 Å². The Hall–Kier alpha value is -1.83. The van der Waals surface area contributed by atoms with Crippen molar-refractivity contribution in [1.82, 2.24) is 0 Å². The maximum atomic E-state index is 10.5. The van der Waals surface area contributed by atoms with E-state index in [0.717, 1.165) is 57.8 Å². The van der Waals surface area contributed by atoms with Crippen LogP contribution < -0.4 is 0 Å². The van der Waals surface area contributed by atoms with E-state index in [2.05, 4.69) is 0 Å². The molecule has 0 aromatic carbocycles. The van der Waals surface area contributed by atoms with Crippen LogP contribution in [0.15, 0.2) is 0 Å². The zero-order valence-corrected chi connectivity index (χ0v) is 20.2. The number of aliphatic carboxylic acids is 3. The fourth-order valence-electron chi connectivity index (χ4n) is 5.19. The highest BCUT2D eigenvalue weighted by Crippen LogP contribution is 2.42. The number of carboxylic acids is 3. The monoisotopic (exact) mass is 518 g/mol. The van der Waals surface area contributed by atoms with Crippen LogP contribution in [0, 0.1) is 17.8 Å². The van der Waals surface area contributed by atoms with Crippen molar-refractivity contribution < 1.29 is 59.2 Å². The van der Waals surface area contributed by atoms with Crippen LogP contribution in [0.5, 0.6) is 0 Å². The second-order valence-electron chi connectivity index (χ2n) is 10.1. The van der Waals surface area contributed by atoms with Crippen molar-refractivity contribution in [3.63, 3.8) is 0 Å². The molecule has 12 nitrogen and oxygen atoms in total. The predicted octanol–water partition coefficient (Wildman–Crippen LogP) is 0.247. The van der Waals surface area contributed by atoms with E-state index in [4.69, 9.17) is 44.8 Å². The number of carbonyl (C=O) groups is 3. The number of hydrogen-bond donors (Lipinski definition) is 6. The Labute approximate surface area is 209 Å². The van der Waals surface area contributed by atoms with Gasteiger partial charge >= 0.3 is 17.9 Å². The third-order valence-corrected chi connectivity index (χ3v) is 7.44. The second kappa shape index (κ2) is 13.1. The zero-order chi connectivity index (χ0) is 26.4. The smallest absolute Gasteiger partial charge is 0.309 e. The standard InChI is InChI=1S/3C7H10O3.C3H8O3/c3*8-7(9)4-2-1-3-5-6(4)10-5;4-1-3(6)2-5/h3*4-6H,1-3H2,(H,8,9);3-6H,1-2H2. The predicted molar refractivity (Wildman–Crippen MR) is 121 cm³/mol. The SMILES string of the molecule is O=C(O)C1CCCC2OC21.O=C(O)C1CCCC2OC21.O=C(O)C1CCCC2OC21.OCC(O)CO. The van der Waals surface area contributed by atoms with Gasteiger partial charge in [0.25, 0.3) is 0 Å². The van der Waals surface area contributed by atoms with E-state index < -0.39 is 24.0 Å². The van der Waals surface area contributed by atoms with Gasteiger partial charge in [0.2, 0.25) is 0 Å². The molecule has 36 heavy (non-hydrogen) atoms. The summed E-state index contributed by atoms with van der Waals surface area (Å²) in [5, 5.41) is 50.0. The average Bonchev–Trinajstić information content (AvgIpc) is 3.74. The molecular weight excluding hydrogens is 480 g/mol. The van der Waals surface area contributed by atoms with E-state index in [1.807, 2.05) is 0 Å². The molecule has 12 heteroatoms. The molecule has 6 N–H and O–H groups in total. The van der Waals surface area contributed by atoms with E-state index in [9.17, 15) is 14.4 Å². The van der Waals surface area contributed by atoms with Gasteiger partial charge in [0, 0.05) is 0 Å². The molecule has 9 atom stereocenters. The molecule has 206 valence electrons. The fraction of sp³-hybridized carbons (Fsp3) is 0.875. The van der Waals surface area contributed by atoms with Gasteiger partial charge in [-0.1, -0.05) is 0 Å². The molecule has 0 bridgehead atoms. The molecule has 3 saturated carbocycles. The normalized spacial score (nSPS) is 38.5. The number of ether oxygens (including phenoxy) is 3. The first-order chi connectivity index (χ1) is 17.2. The Balaban J connectivity index is 0.000000136. The number of rotatable bonds is 5. The summed E-state index contributed by atoms with van der Waals surface area (Å²) in [7, 11) is 0. The van der Waals surface area contributed by atoms with Crippen LogP contribution in [0.25, 0.3) is 0 Å². The Morgan fingerprint density at radius 1 is 0.583 bits per heavy atom. The van der Waals surface area contributed by atoms with Gasteiger partial charge < -0.3 is 44.8 Å². The van der Waals surface area contributed by atoms with Crippen molar-refractivity contribution in [2.45, 2.75) is 101 Å².